The van der Waals surface area contributed by atoms with E-state index in [1.165, 1.54) is 21.7 Å². The predicted molar refractivity (Wildman–Crippen MR) is 249 cm³/mol. The number of allylic oxidation sites excluding steroid dienone is 4. The Morgan fingerprint density at radius 3 is 1.90 bits per heavy atom. The van der Waals surface area contributed by atoms with Crippen molar-refractivity contribution in [3.05, 3.63) is 228 Å². The fraction of sp³-hybridized carbons (Fsp3) is 0.0182. The van der Waals surface area contributed by atoms with Gasteiger partial charge in [0.25, 0.3) is 0 Å². The summed E-state index contributed by atoms with van der Waals surface area (Å²) in [6, 6.07) is 63.5. The Bertz CT molecular complexity index is 3360. The van der Waals surface area contributed by atoms with Crippen molar-refractivity contribution in [1.82, 2.24) is 0 Å². The number of aliphatic imine (C=N–C) groups is 1. The molecule has 2 heterocycles. The first-order chi connectivity index (χ1) is 29.1. The standard InChI is InChI=1S/C55H35N2OP/c58-59(43-11-3-1-4-12-43,44-13-5-2-6-14-44)53-32-27-39-25-30-48-46(29-24-38-26-31-49(53)55(39)54(38)48)37-21-19-36(20-22-37)40-23-28-42-34-41(33-40)45-15-7-8-16-47(45)51-35-57(42)52-18-10-9-17-50(52)56-51/h1-33H,35H2. The van der Waals surface area contributed by atoms with Gasteiger partial charge in [-0.15, -0.1) is 0 Å². The molecular formula is C55H35N2OP. The second-order valence-corrected chi connectivity index (χ2v) is 18.2. The van der Waals surface area contributed by atoms with Crippen LogP contribution in [-0.2, 0) is 4.57 Å². The van der Waals surface area contributed by atoms with E-state index in [1.807, 2.05) is 60.7 Å². The smallest absolute Gasteiger partial charge is 0.171 e. The Balaban J connectivity index is 0.967. The zero-order valence-electron chi connectivity index (χ0n) is 32.0. The number of rotatable bonds is 5. The largest absolute Gasteiger partial charge is 0.327 e. The van der Waals surface area contributed by atoms with Crippen molar-refractivity contribution >= 4 is 83.6 Å². The first kappa shape index (κ1) is 33.8. The average Bonchev–Trinajstić information content (AvgIpc) is 3.54. The molecule has 0 radical (unpaired) electrons. The summed E-state index contributed by atoms with van der Waals surface area (Å²) in [5.74, 6) is 0. The van der Waals surface area contributed by atoms with E-state index >= 15 is 4.57 Å². The molecule has 1 aliphatic carbocycles. The molecule has 4 heteroatoms. The molecule has 0 aromatic heterocycles. The van der Waals surface area contributed by atoms with Gasteiger partial charge in [0.2, 0.25) is 0 Å². The molecule has 0 amide bonds. The molecule has 0 saturated carbocycles. The molecule has 0 spiro atoms. The highest BCUT2D eigenvalue weighted by atomic mass is 31.2. The van der Waals surface area contributed by atoms with Crippen LogP contribution >= 0.6 is 7.14 Å². The number of hydrogen-bond acceptors (Lipinski definition) is 3. The van der Waals surface area contributed by atoms with Crippen LogP contribution in [0.25, 0.3) is 54.6 Å². The minimum Gasteiger partial charge on any atom is -0.327 e. The summed E-state index contributed by atoms with van der Waals surface area (Å²) in [4.78, 5) is 7.47. The number of hydrogen-bond donors (Lipinski definition) is 0. The lowest BCUT2D eigenvalue weighted by Gasteiger charge is -2.32. The van der Waals surface area contributed by atoms with Crippen LogP contribution in [0.4, 0.5) is 11.4 Å². The van der Waals surface area contributed by atoms with E-state index in [9.17, 15) is 0 Å². The van der Waals surface area contributed by atoms with Gasteiger partial charge in [-0.1, -0.05) is 176 Å². The van der Waals surface area contributed by atoms with Crippen LogP contribution in [0, 0.1) is 0 Å². The third-order valence-electron chi connectivity index (χ3n) is 12.3. The third kappa shape index (κ3) is 5.23. The molecule has 276 valence electrons. The summed E-state index contributed by atoms with van der Waals surface area (Å²) in [5, 5.41) is 9.46. The molecule has 0 N–H and O–H groups in total. The van der Waals surface area contributed by atoms with Crippen LogP contribution in [0.5, 0.6) is 0 Å². The number of anilines is 1. The zero-order valence-corrected chi connectivity index (χ0v) is 32.9. The summed E-state index contributed by atoms with van der Waals surface area (Å²) in [7, 11) is -3.20. The lowest BCUT2D eigenvalue weighted by atomic mass is 9.89. The number of fused-ring (bicyclic) bond motifs is 8. The second-order valence-electron chi connectivity index (χ2n) is 15.5. The highest BCUT2D eigenvalue weighted by Crippen LogP contribution is 2.47. The first-order valence-electron chi connectivity index (χ1n) is 20.1. The third-order valence-corrected chi connectivity index (χ3v) is 15.4. The Hall–Kier alpha value is -7.28. The van der Waals surface area contributed by atoms with Crippen molar-refractivity contribution < 1.29 is 4.57 Å². The average molecular weight is 771 g/mol. The van der Waals surface area contributed by atoms with Gasteiger partial charge in [0.15, 0.2) is 7.14 Å². The summed E-state index contributed by atoms with van der Waals surface area (Å²) >= 11 is 0. The molecular weight excluding hydrogens is 736 g/mol. The van der Waals surface area contributed by atoms with Gasteiger partial charge in [-0.25, -0.2) is 4.99 Å². The second kappa shape index (κ2) is 13.1. The summed E-state index contributed by atoms with van der Waals surface area (Å²) in [6.45, 7) is 0.692. The van der Waals surface area contributed by atoms with Gasteiger partial charge in [-0.05, 0) is 90.5 Å². The SMILES string of the molecule is O=P(c1ccccc1)(c1ccccc1)c1ccc2ccc3c(-c4ccc(C5=CC6=C=C(C=C5)N5CC(=Nc7ccccc75)c5ccccc56)cc4)ccc4ccc1c2c43. The fourth-order valence-electron chi connectivity index (χ4n) is 9.46. The van der Waals surface area contributed by atoms with E-state index in [-0.39, 0.29) is 0 Å². The molecule has 12 rings (SSSR count). The van der Waals surface area contributed by atoms with Crippen LogP contribution in [0.2, 0.25) is 0 Å². The van der Waals surface area contributed by atoms with Crippen molar-refractivity contribution in [2.24, 2.45) is 4.99 Å². The lowest BCUT2D eigenvalue weighted by Crippen LogP contribution is -2.32. The van der Waals surface area contributed by atoms with Gasteiger partial charge >= 0.3 is 0 Å². The molecule has 59 heavy (non-hydrogen) atoms. The van der Waals surface area contributed by atoms with E-state index in [4.69, 9.17) is 4.99 Å². The van der Waals surface area contributed by atoms with Crippen molar-refractivity contribution in [3.63, 3.8) is 0 Å². The van der Waals surface area contributed by atoms with E-state index in [2.05, 4.69) is 150 Å². The van der Waals surface area contributed by atoms with E-state index in [1.54, 1.807) is 0 Å². The Kier molecular flexibility index (Phi) is 7.53. The van der Waals surface area contributed by atoms with Gasteiger partial charge in [0, 0.05) is 27.1 Å². The summed E-state index contributed by atoms with van der Waals surface area (Å²) in [6.07, 6.45) is 6.69. The fourth-order valence-corrected chi connectivity index (χ4v) is 12.3. The van der Waals surface area contributed by atoms with Gasteiger partial charge in [-0.2, -0.15) is 0 Å². The van der Waals surface area contributed by atoms with Gasteiger partial charge in [0.05, 0.1) is 29.3 Å². The minimum atomic E-state index is -3.20. The molecule has 0 unspecified atom stereocenters. The van der Waals surface area contributed by atoms with Crippen molar-refractivity contribution in [2.45, 2.75) is 0 Å². The minimum absolute atomic E-state index is 0.692. The van der Waals surface area contributed by atoms with Crippen LogP contribution < -0.4 is 20.8 Å². The number of nitrogens with zero attached hydrogens (tertiary/aromatic N) is 2. The Morgan fingerprint density at radius 1 is 0.525 bits per heavy atom. The normalized spacial score (nSPS) is 14.5. The molecule has 0 saturated heterocycles. The van der Waals surface area contributed by atoms with Crippen LogP contribution in [0.15, 0.2) is 217 Å². The summed E-state index contributed by atoms with van der Waals surface area (Å²) in [5.41, 5.74) is 15.9. The molecule has 3 aliphatic rings. The number of para-hydroxylation sites is 2. The molecule has 0 fully saturated rings. The van der Waals surface area contributed by atoms with Crippen molar-refractivity contribution in [3.8, 4) is 11.1 Å². The lowest BCUT2D eigenvalue weighted by molar-refractivity contribution is 0.592. The van der Waals surface area contributed by atoms with Gasteiger partial charge < -0.3 is 9.46 Å². The molecule has 2 aliphatic heterocycles. The highest BCUT2D eigenvalue weighted by Gasteiger charge is 2.32. The number of benzene rings is 9. The van der Waals surface area contributed by atoms with Crippen molar-refractivity contribution in [2.75, 3.05) is 11.4 Å². The Labute approximate surface area is 342 Å². The topological polar surface area (TPSA) is 32.7 Å². The van der Waals surface area contributed by atoms with E-state index in [0.29, 0.717) is 6.54 Å². The van der Waals surface area contributed by atoms with Gasteiger partial charge in [-0.3, -0.25) is 0 Å². The quantitative estimate of drug-likeness (QED) is 0.0992. The maximum atomic E-state index is 15.7. The van der Waals surface area contributed by atoms with Crippen LogP contribution in [-0.4, -0.2) is 12.3 Å². The van der Waals surface area contributed by atoms with E-state index in [0.717, 1.165) is 88.3 Å². The molecule has 9 aromatic carbocycles. The maximum absolute atomic E-state index is 15.7. The van der Waals surface area contributed by atoms with E-state index < -0.39 is 7.14 Å². The summed E-state index contributed by atoms with van der Waals surface area (Å²) < 4.78 is 15.7. The molecule has 4 bridgehead atoms. The first-order valence-corrected chi connectivity index (χ1v) is 21.8. The monoisotopic (exact) mass is 770 g/mol. The Morgan fingerprint density at radius 2 is 1.14 bits per heavy atom. The molecule has 0 atom stereocenters. The molecule has 3 nitrogen and oxygen atoms in total. The van der Waals surface area contributed by atoms with Crippen LogP contribution in [0.3, 0.4) is 0 Å². The van der Waals surface area contributed by atoms with Crippen LogP contribution in [0.1, 0.15) is 16.7 Å². The van der Waals surface area contributed by atoms with Crippen molar-refractivity contribution in [1.29, 1.82) is 0 Å². The predicted octanol–water partition coefficient (Wildman–Crippen LogP) is 12.4. The van der Waals surface area contributed by atoms with Gasteiger partial charge in [0.1, 0.15) is 0 Å². The highest BCUT2D eigenvalue weighted by molar-refractivity contribution is 7.85. The molecule has 9 aromatic rings. The maximum Gasteiger partial charge on any atom is 0.171 e. The zero-order chi connectivity index (χ0) is 39.1.